The molecule has 2 heterocycles. The van der Waals surface area contributed by atoms with E-state index in [9.17, 15) is 14.4 Å². The van der Waals surface area contributed by atoms with Gasteiger partial charge in [0.1, 0.15) is 5.75 Å². The van der Waals surface area contributed by atoms with Crippen LogP contribution in [-0.4, -0.2) is 21.7 Å². The number of nitrogens with two attached hydrogens (primary N) is 1. The number of hydrogen-bond donors (Lipinski definition) is 1. The summed E-state index contributed by atoms with van der Waals surface area (Å²) in [5.41, 5.74) is 5.80. The molecule has 0 unspecified atom stereocenters. The van der Waals surface area contributed by atoms with Gasteiger partial charge in [-0.2, -0.15) is 4.68 Å². The molecule has 0 spiro atoms. The van der Waals surface area contributed by atoms with Crippen molar-refractivity contribution in [2.45, 2.75) is 0 Å². The molecule has 9 heteroatoms. The zero-order valence-electron chi connectivity index (χ0n) is 15.7. The summed E-state index contributed by atoms with van der Waals surface area (Å²) in [7, 11) is 0. The van der Waals surface area contributed by atoms with E-state index in [1.54, 1.807) is 54.6 Å². The lowest BCUT2D eigenvalue weighted by atomic mass is 10.0. The molecule has 5 rings (SSSR count). The van der Waals surface area contributed by atoms with Crippen molar-refractivity contribution in [3.8, 4) is 17.3 Å². The predicted octanol–water partition coefficient (Wildman–Crippen LogP) is 3.83. The number of para-hydroxylation sites is 1. The molecule has 3 aromatic carbocycles. The van der Waals surface area contributed by atoms with Gasteiger partial charge >= 0.3 is 11.9 Å². The summed E-state index contributed by atoms with van der Waals surface area (Å²) >= 11 is 3.36. The lowest BCUT2D eigenvalue weighted by molar-refractivity contribution is 0.0444. The third-order valence-electron chi connectivity index (χ3n) is 4.83. The Hall–Kier alpha value is -3.98. The quantitative estimate of drug-likeness (QED) is 0.271. The number of benzene rings is 3. The minimum atomic E-state index is -0.891. The fourth-order valence-electron chi connectivity index (χ4n) is 3.40. The fraction of sp³-hybridized carbons (Fsp3) is 0. The number of esters is 2. The van der Waals surface area contributed by atoms with Gasteiger partial charge in [-0.05, 0) is 42.5 Å². The van der Waals surface area contributed by atoms with Gasteiger partial charge in [-0.15, -0.1) is 5.10 Å². The highest BCUT2D eigenvalue weighted by Crippen LogP contribution is 2.36. The molecule has 0 bridgehead atoms. The van der Waals surface area contributed by atoms with Crippen molar-refractivity contribution >= 4 is 44.3 Å². The third kappa shape index (κ3) is 3.06. The lowest BCUT2D eigenvalue weighted by Crippen LogP contribution is -2.23. The highest BCUT2D eigenvalue weighted by Gasteiger charge is 2.35. The standard InChI is InChI=1S/C22H12BrN3O5/c23-11-6-8-13(9-7-11)30-19-14-10-15-17(22(29)31-21(15)28)18(24)16(14)20(27)26(25-19)12-4-2-1-3-5-12/h1-10H,24H2. The van der Waals surface area contributed by atoms with Crippen LogP contribution in [0.25, 0.3) is 16.5 Å². The number of nitrogen functional groups attached to an aromatic ring is 1. The SMILES string of the molecule is Nc1c2c(cc3c(Oc4ccc(Br)cc4)nn(-c4ccccc4)c(=O)c13)C(=O)OC2=O. The molecule has 0 saturated heterocycles. The van der Waals surface area contributed by atoms with Gasteiger partial charge in [0, 0.05) is 4.47 Å². The average molecular weight is 478 g/mol. The largest absolute Gasteiger partial charge is 0.437 e. The van der Waals surface area contributed by atoms with Crippen LogP contribution in [0, 0.1) is 0 Å². The summed E-state index contributed by atoms with van der Waals surface area (Å²) in [5.74, 6) is -1.23. The molecule has 1 aromatic heterocycles. The smallest absolute Gasteiger partial charge is 0.349 e. The molecule has 0 radical (unpaired) electrons. The van der Waals surface area contributed by atoms with Crippen molar-refractivity contribution in [1.29, 1.82) is 0 Å². The number of fused-ring (bicyclic) bond motifs is 2. The van der Waals surface area contributed by atoms with Gasteiger partial charge in [-0.1, -0.05) is 34.1 Å². The van der Waals surface area contributed by atoms with E-state index in [4.69, 9.17) is 10.5 Å². The Morgan fingerprint density at radius 3 is 2.39 bits per heavy atom. The molecule has 8 nitrogen and oxygen atoms in total. The van der Waals surface area contributed by atoms with Crippen LogP contribution in [0.4, 0.5) is 5.69 Å². The van der Waals surface area contributed by atoms with E-state index in [0.29, 0.717) is 11.4 Å². The summed E-state index contributed by atoms with van der Waals surface area (Å²) in [5, 5.41) is 4.58. The Kier molecular flexibility index (Phi) is 4.33. The van der Waals surface area contributed by atoms with Crippen LogP contribution in [0.3, 0.4) is 0 Å². The number of cyclic esters (lactones) is 2. The summed E-state index contributed by atoms with van der Waals surface area (Å²) in [4.78, 5) is 37.5. The second-order valence-electron chi connectivity index (χ2n) is 6.73. The van der Waals surface area contributed by atoms with Crippen molar-refractivity contribution in [3.63, 3.8) is 0 Å². The van der Waals surface area contributed by atoms with Crippen molar-refractivity contribution in [2.24, 2.45) is 0 Å². The van der Waals surface area contributed by atoms with Gasteiger partial charge in [-0.25, -0.2) is 9.59 Å². The second-order valence-corrected chi connectivity index (χ2v) is 7.64. The number of rotatable bonds is 3. The number of halogens is 1. The monoisotopic (exact) mass is 477 g/mol. The van der Waals surface area contributed by atoms with E-state index in [2.05, 4.69) is 25.8 Å². The summed E-state index contributed by atoms with van der Waals surface area (Å²) in [6.07, 6.45) is 0. The maximum atomic E-state index is 13.3. The highest BCUT2D eigenvalue weighted by molar-refractivity contribution is 9.10. The summed E-state index contributed by atoms with van der Waals surface area (Å²) in [6, 6.07) is 17.1. The van der Waals surface area contributed by atoms with E-state index in [1.165, 1.54) is 6.07 Å². The Morgan fingerprint density at radius 2 is 1.68 bits per heavy atom. The lowest BCUT2D eigenvalue weighted by Gasteiger charge is -2.14. The first-order chi connectivity index (χ1) is 14.9. The first-order valence-electron chi connectivity index (χ1n) is 9.09. The molecule has 0 amide bonds. The number of nitrogens with zero attached hydrogens (tertiary/aromatic N) is 2. The predicted molar refractivity (Wildman–Crippen MR) is 116 cm³/mol. The van der Waals surface area contributed by atoms with Crippen LogP contribution in [-0.2, 0) is 4.74 Å². The number of anilines is 1. The van der Waals surface area contributed by atoms with Crippen molar-refractivity contribution < 1.29 is 19.1 Å². The molecule has 0 saturated carbocycles. The van der Waals surface area contributed by atoms with Crippen LogP contribution in [0.1, 0.15) is 20.7 Å². The van der Waals surface area contributed by atoms with E-state index >= 15 is 0 Å². The maximum Gasteiger partial charge on any atom is 0.349 e. The van der Waals surface area contributed by atoms with E-state index < -0.39 is 17.5 Å². The molecular weight excluding hydrogens is 466 g/mol. The Morgan fingerprint density at radius 1 is 0.968 bits per heavy atom. The Balaban J connectivity index is 1.84. The van der Waals surface area contributed by atoms with Crippen LogP contribution in [0.2, 0.25) is 0 Å². The number of hydrogen-bond acceptors (Lipinski definition) is 7. The van der Waals surface area contributed by atoms with Crippen LogP contribution < -0.4 is 16.0 Å². The first-order valence-corrected chi connectivity index (χ1v) is 9.88. The Labute approximate surface area is 182 Å². The molecule has 0 atom stereocenters. The highest BCUT2D eigenvalue weighted by atomic mass is 79.9. The molecular formula is C22H12BrN3O5. The minimum absolute atomic E-state index is 0.0105. The second kappa shape index (κ2) is 7.06. The maximum absolute atomic E-state index is 13.3. The molecule has 0 aliphatic carbocycles. The van der Waals surface area contributed by atoms with Gasteiger partial charge in [0.25, 0.3) is 5.56 Å². The van der Waals surface area contributed by atoms with Crippen molar-refractivity contribution in [1.82, 2.24) is 9.78 Å². The van der Waals surface area contributed by atoms with E-state index in [-0.39, 0.29) is 33.5 Å². The molecule has 1 aliphatic rings. The van der Waals surface area contributed by atoms with E-state index in [0.717, 1.165) is 9.15 Å². The van der Waals surface area contributed by atoms with Crippen LogP contribution >= 0.6 is 15.9 Å². The fourth-order valence-corrected chi connectivity index (χ4v) is 3.67. The van der Waals surface area contributed by atoms with Gasteiger partial charge in [0.05, 0.1) is 33.3 Å². The molecule has 4 aromatic rings. The molecule has 0 fully saturated rings. The number of aromatic nitrogens is 2. The van der Waals surface area contributed by atoms with Gasteiger partial charge < -0.3 is 15.2 Å². The Bertz CT molecular complexity index is 1450. The number of carbonyl (C=O) groups is 2. The molecule has 152 valence electrons. The molecule has 2 N–H and O–H groups in total. The van der Waals surface area contributed by atoms with Gasteiger partial charge in [0.2, 0.25) is 5.88 Å². The number of carbonyl (C=O) groups excluding carboxylic acids is 2. The minimum Gasteiger partial charge on any atom is -0.437 e. The van der Waals surface area contributed by atoms with E-state index in [1.807, 2.05) is 0 Å². The molecule has 31 heavy (non-hydrogen) atoms. The van der Waals surface area contributed by atoms with Gasteiger partial charge in [0.15, 0.2) is 0 Å². The van der Waals surface area contributed by atoms with Crippen LogP contribution in [0.15, 0.2) is 69.9 Å². The zero-order valence-corrected chi connectivity index (χ0v) is 17.3. The summed E-state index contributed by atoms with van der Waals surface area (Å²) in [6.45, 7) is 0. The average Bonchev–Trinajstić information content (AvgIpc) is 3.05. The third-order valence-corrected chi connectivity index (χ3v) is 5.36. The van der Waals surface area contributed by atoms with Gasteiger partial charge in [-0.3, -0.25) is 4.79 Å². The molecule has 1 aliphatic heterocycles. The van der Waals surface area contributed by atoms with Crippen LogP contribution in [0.5, 0.6) is 11.6 Å². The zero-order chi connectivity index (χ0) is 21.7. The first kappa shape index (κ1) is 19.0. The number of ether oxygens (including phenoxy) is 2. The normalized spacial score (nSPS) is 12.7. The summed E-state index contributed by atoms with van der Waals surface area (Å²) < 4.78 is 12.6. The van der Waals surface area contributed by atoms with Crippen molar-refractivity contribution in [3.05, 3.63) is 86.6 Å². The van der Waals surface area contributed by atoms with Crippen molar-refractivity contribution in [2.75, 3.05) is 5.73 Å². The topological polar surface area (TPSA) is 114 Å².